The van der Waals surface area contributed by atoms with Crippen LogP contribution in [-0.4, -0.2) is 23.1 Å². The highest BCUT2D eigenvalue weighted by atomic mass is 16.6. The van der Waals surface area contributed by atoms with Gasteiger partial charge in [-0.05, 0) is 27.2 Å². The Hall–Kier alpha value is -1.97. The van der Waals surface area contributed by atoms with E-state index in [2.05, 4.69) is 0 Å². The van der Waals surface area contributed by atoms with Gasteiger partial charge in [-0.2, -0.15) is 0 Å². The molecule has 0 atom stereocenters. The zero-order valence-electron chi connectivity index (χ0n) is 13.6. The van der Waals surface area contributed by atoms with Crippen molar-refractivity contribution in [2.24, 2.45) is 0 Å². The van der Waals surface area contributed by atoms with Gasteiger partial charge in [0.25, 0.3) is 0 Å². The number of hydrogen-bond acceptors (Lipinski definition) is 4. The van der Waals surface area contributed by atoms with Gasteiger partial charge in [-0.25, -0.2) is 0 Å². The third-order valence-electron chi connectivity index (χ3n) is 2.98. The van der Waals surface area contributed by atoms with E-state index in [0.29, 0.717) is 24.8 Å². The molecule has 0 bridgehead atoms. The van der Waals surface area contributed by atoms with E-state index >= 15 is 0 Å². The Balaban J connectivity index is 2.21. The first-order chi connectivity index (χ1) is 10.3. The zero-order valence-corrected chi connectivity index (χ0v) is 13.6. The van der Waals surface area contributed by atoms with Crippen LogP contribution in [0.2, 0.25) is 0 Å². The molecule has 4 nitrogen and oxygen atoms in total. The normalized spacial score (nSPS) is 11.0. The largest absolute Gasteiger partial charge is 0.460 e. The number of carbonyl (C=O) groups is 3. The maximum atomic E-state index is 11.9. The maximum absolute atomic E-state index is 11.9. The zero-order chi connectivity index (χ0) is 16.6. The Morgan fingerprint density at radius 2 is 1.55 bits per heavy atom. The molecule has 120 valence electrons. The van der Waals surface area contributed by atoms with Crippen LogP contribution in [0.1, 0.15) is 63.2 Å². The number of benzene rings is 1. The van der Waals surface area contributed by atoms with Gasteiger partial charge in [-0.1, -0.05) is 30.3 Å². The minimum Gasteiger partial charge on any atom is -0.460 e. The summed E-state index contributed by atoms with van der Waals surface area (Å²) in [5.41, 5.74) is 0.145. The van der Waals surface area contributed by atoms with E-state index < -0.39 is 5.60 Å². The van der Waals surface area contributed by atoms with Crippen LogP contribution in [0.5, 0.6) is 0 Å². The van der Waals surface area contributed by atoms with Crippen molar-refractivity contribution in [2.45, 2.75) is 58.5 Å². The van der Waals surface area contributed by atoms with Crippen molar-refractivity contribution in [1.29, 1.82) is 0 Å². The molecule has 4 heteroatoms. The summed E-state index contributed by atoms with van der Waals surface area (Å²) in [6, 6.07) is 9.04. The molecule has 0 aliphatic heterocycles. The van der Waals surface area contributed by atoms with Gasteiger partial charge in [0.05, 0.1) is 6.42 Å². The molecule has 0 saturated heterocycles. The van der Waals surface area contributed by atoms with Gasteiger partial charge in [0, 0.05) is 24.8 Å². The molecule has 0 heterocycles. The first-order valence-electron chi connectivity index (χ1n) is 7.60. The molecule has 0 N–H and O–H groups in total. The highest BCUT2D eigenvalue weighted by Crippen LogP contribution is 2.11. The summed E-state index contributed by atoms with van der Waals surface area (Å²) in [6.07, 6.45) is 1.46. The third kappa shape index (κ3) is 7.72. The van der Waals surface area contributed by atoms with Crippen LogP contribution in [0, 0.1) is 0 Å². The van der Waals surface area contributed by atoms with Crippen molar-refractivity contribution in [3.05, 3.63) is 35.9 Å². The Labute approximate surface area is 131 Å². The van der Waals surface area contributed by atoms with Crippen molar-refractivity contribution in [3.63, 3.8) is 0 Å². The molecule has 0 saturated carbocycles. The standard InChI is InChI=1S/C18H24O4/c1-18(2,3)22-17(21)13-12-15(19)10-7-11-16(20)14-8-5-4-6-9-14/h4-6,8-9H,7,10-13H2,1-3H3. The van der Waals surface area contributed by atoms with E-state index in [1.807, 2.05) is 18.2 Å². The molecule has 0 aliphatic rings. The van der Waals surface area contributed by atoms with E-state index in [1.54, 1.807) is 32.9 Å². The molecule has 0 radical (unpaired) electrons. The van der Waals surface area contributed by atoms with Crippen molar-refractivity contribution in [1.82, 2.24) is 0 Å². The second-order valence-electron chi connectivity index (χ2n) is 6.27. The minimum absolute atomic E-state index is 0.00767. The summed E-state index contributed by atoms with van der Waals surface area (Å²) in [5.74, 6) is -0.325. The Kier molecular flexibility index (Phi) is 6.96. The summed E-state index contributed by atoms with van der Waals surface area (Å²) in [6.45, 7) is 5.38. The molecule has 1 aromatic rings. The highest BCUT2D eigenvalue weighted by Gasteiger charge is 2.17. The van der Waals surface area contributed by atoms with Gasteiger partial charge in [0.1, 0.15) is 11.4 Å². The predicted molar refractivity (Wildman–Crippen MR) is 84.7 cm³/mol. The van der Waals surface area contributed by atoms with Gasteiger partial charge in [-0.15, -0.1) is 0 Å². The van der Waals surface area contributed by atoms with Crippen LogP contribution in [0.25, 0.3) is 0 Å². The Morgan fingerprint density at radius 3 is 2.14 bits per heavy atom. The molecule has 0 unspecified atom stereocenters. The lowest BCUT2D eigenvalue weighted by molar-refractivity contribution is -0.155. The Morgan fingerprint density at radius 1 is 0.909 bits per heavy atom. The lowest BCUT2D eigenvalue weighted by atomic mass is 10.0. The van der Waals surface area contributed by atoms with Crippen LogP contribution < -0.4 is 0 Å². The number of Topliss-reactive ketones (excluding diaryl/α,β-unsaturated/α-hetero) is 2. The molecule has 1 aromatic carbocycles. The van der Waals surface area contributed by atoms with Crippen LogP contribution in [0.15, 0.2) is 30.3 Å². The van der Waals surface area contributed by atoms with E-state index in [9.17, 15) is 14.4 Å². The molecule has 22 heavy (non-hydrogen) atoms. The second-order valence-corrected chi connectivity index (χ2v) is 6.27. The van der Waals surface area contributed by atoms with Crippen molar-refractivity contribution < 1.29 is 19.1 Å². The SMILES string of the molecule is CC(C)(C)OC(=O)CCC(=O)CCCC(=O)c1ccccc1. The smallest absolute Gasteiger partial charge is 0.306 e. The van der Waals surface area contributed by atoms with Gasteiger partial charge >= 0.3 is 5.97 Å². The summed E-state index contributed by atoms with van der Waals surface area (Å²) in [4.78, 5) is 35.1. The fraction of sp³-hybridized carbons (Fsp3) is 0.500. The number of carbonyl (C=O) groups excluding carboxylic acids is 3. The lowest BCUT2D eigenvalue weighted by Crippen LogP contribution is -2.24. The second kappa shape index (κ2) is 8.47. The van der Waals surface area contributed by atoms with Crippen LogP contribution in [0.4, 0.5) is 0 Å². The van der Waals surface area contributed by atoms with Gasteiger partial charge in [0.2, 0.25) is 0 Å². The number of ketones is 2. The highest BCUT2D eigenvalue weighted by molar-refractivity contribution is 5.96. The van der Waals surface area contributed by atoms with Gasteiger partial charge in [-0.3, -0.25) is 14.4 Å². The fourth-order valence-corrected chi connectivity index (χ4v) is 1.97. The molecular weight excluding hydrogens is 280 g/mol. The van der Waals surface area contributed by atoms with Crippen LogP contribution >= 0.6 is 0 Å². The maximum Gasteiger partial charge on any atom is 0.306 e. The van der Waals surface area contributed by atoms with Crippen molar-refractivity contribution >= 4 is 17.5 Å². The topological polar surface area (TPSA) is 60.4 Å². The average Bonchev–Trinajstić information content (AvgIpc) is 2.44. The first-order valence-corrected chi connectivity index (χ1v) is 7.60. The quantitative estimate of drug-likeness (QED) is 0.542. The summed E-state index contributed by atoms with van der Waals surface area (Å²) < 4.78 is 5.14. The molecule has 0 spiro atoms. The van der Waals surface area contributed by atoms with Gasteiger partial charge < -0.3 is 4.74 Å². The number of hydrogen-bond donors (Lipinski definition) is 0. The van der Waals surface area contributed by atoms with Crippen LogP contribution in [0.3, 0.4) is 0 Å². The van der Waals surface area contributed by atoms with E-state index in [0.717, 1.165) is 0 Å². The summed E-state index contributed by atoms with van der Waals surface area (Å²) >= 11 is 0. The average molecular weight is 304 g/mol. The summed E-state index contributed by atoms with van der Waals surface area (Å²) in [7, 11) is 0. The third-order valence-corrected chi connectivity index (χ3v) is 2.98. The molecule has 0 aliphatic carbocycles. The Bertz CT molecular complexity index is 512. The first kappa shape index (κ1) is 18.1. The number of esters is 1. The monoisotopic (exact) mass is 304 g/mol. The van der Waals surface area contributed by atoms with E-state index in [-0.39, 0.29) is 30.4 Å². The molecular formula is C18H24O4. The fourth-order valence-electron chi connectivity index (χ4n) is 1.97. The molecule has 0 amide bonds. The number of rotatable bonds is 8. The summed E-state index contributed by atoms with van der Waals surface area (Å²) in [5, 5.41) is 0. The molecule has 0 fully saturated rings. The van der Waals surface area contributed by atoms with Crippen LogP contribution in [-0.2, 0) is 14.3 Å². The van der Waals surface area contributed by atoms with E-state index in [4.69, 9.17) is 4.74 Å². The predicted octanol–water partition coefficient (Wildman–Crippen LogP) is 3.73. The lowest BCUT2D eigenvalue weighted by Gasteiger charge is -2.19. The number of ether oxygens (including phenoxy) is 1. The molecule has 1 rings (SSSR count). The minimum atomic E-state index is -0.526. The van der Waals surface area contributed by atoms with Crippen molar-refractivity contribution in [3.8, 4) is 0 Å². The van der Waals surface area contributed by atoms with Gasteiger partial charge in [0.15, 0.2) is 5.78 Å². The van der Waals surface area contributed by atoms with E-state index in [1.165, 1.54) is 0 Å². The van der Waals surface area contributed by atoms with Crippen molar-refractivity contribution in [2.75, 3.05) is 0 Å². The molecule has 0 aromatic heterocycles.